The molecule has 0 heterocycles. The minimum atomic E-state index is -3.37. The highest BCUT2D eigenvalue weighted by molar-refractivity contribution is 7.92. The van der Waals surface area contributed by atoms with Crippen molar-refractivity contribution < 1.29 is 23.0 Å². The molecule has 0 bridgehead atoms. The van der Waals surface area contributed by atoms with Gasteiger partial charge in [-0.3, -0.25) is 9.62 Å². The molecule has 0 aromatic heterocycles. The highest BCUT2D eigenvalue weighted by Gasteiger charge is 2.25. The lowest BCUT2D eigenvalue weighted by Gasteiger charge is -2.34. The molecule has 0 spiro atoms. The fourth-order valence-electron chi connectivity index (χ4n) is 3.30. The van der Waals surface area contributed by atoms with Gasteiger partial charge in [-0.05, 0) is 61.7 Å². The van der Waals surface area contributed by atoms with Crippen LogP contribution < -0.4 is 9.46 Å². The second-order valence-corrected chi connectivity index (χ2v) is 10.7. The van der Waals surface area contributed by atoms with Crippen LogP contribution in [0.4, 0.5) is 5.69 Å². The quantitative estimate of drug-likeness (QED) is 0.252. The van der Waals surface area contributed by atoms with E-state index >= 15 is 0 Å². The molecule has 2 N–H and O–H groups in total. The van der Waals surface area contributed by atoms with Crippen molar-refractivity contribution in [3.8, 4) is 5.75 Å². The van der Waals surface area contributed by atoms with Crippen LogP contribution in [0, 0.1) is 0 Å². The van der Waals surface area contributed by atoms with Crippen molar-refractivity contribution in [1.29, 1.82) is 0 Å². The van der Waals surface area contributed by atoms with E-state index < -0.39 is 22.4 Å². The molecule has 10 heteroatoms. The number of benzene rings is 2. The predicted octanol–water partition coefficient (Wildman–Crippen LogP) is 4.81. The molecule has 7 nitrogen and oxygen atoms in total. The van der Waals surface area contributed by atoms with Gasteiger partial charge in [0.05, 0.1) is 22.9 Å². The van der Waals surface area contributed by atoms with Crippen molar-refractivity contribution in [2.45, 2.75) is 45.4 Å². The molecule has 2 rings (SSSR count). The first-order valence-corrected chi connectivity index (χ1v) is 13.9. The summed E-state index contributed by atoms with van der Waals surface area (Å²) in [6.45, 7) is 6.14. The number of nitrogens with one attached hydrogen (secondary N) is 1. The van der Waals surface area contributed by atoms with E-state index in [-0.39, 0.29) is 0 Å². The number of unbranched alkanes of at least 4 members (excludes halogenated alkanes) is 1. The van der Waals surface area contributed by atoms with Gasteiger partial charge in [0.25, 0.3) is 0 Å². The molecule has 0 fully saturated rings. The van der Waals surface area contributed by atoms with Gasteiger partial charge < -0.3 is 14.6 Å². The van der Waals surface area contributed by atoms with Crippen molar-refractivity contribution >= 4 is 38.9 Å². The molecule has 2 atom stereocenters. The van der Waals surface area contributed by atoms with Gasteiger partial charge in [-0.1, -0.05) is 42.6 Å². The Morgan fingerprint density at radius 3 is 2.35 bits per heavy atom. The van der Waals surface area contributed by atoms with E-state index in [1.165, 1.54) is 0 Å². The highest BCUT2D eigenvalue weighted by atomic mass is 35.5. The Balaban J connectivity index is 2.12. The Labute approximate surface area is 213 Å². The third kappa shape index (κ3) is 10.4. The lowest BCUT2D eigenvalue weighted by molar-refractivity contribution is -0.0665. The number of nitrogens with zero attached hydrogens (tertiary/aromatic N) is 1. The van der Waals surface area contributed by atoms with Gasteiger partial charge in [0.2, 0.25) is 10.0 Å². The molecule has 0 aliphatic rings. The van der Waals surface area contributed by atoms with Gasteiger partial charge in [-0.15, -0.1) is 0 Å². The molecule has 2 unspecified atom stereocenters. The number of aliphatic hydroxyl groups excluding tert-OH is 1. The zero-order valence-electron chi connectivity index (χ0n) is 19.8. The lowest BCUT2D eigenvalue weighted by Crippen LogP contribution is -2.48. The first kappa shape index (κ1) is 28.7. The Morgan fingerprint density at radius 1 is 1.06 bits per heavy atom. The maximum atomic E-state index is 11.4. The van der Waals surface area contributed by atoms with Crippen molar-refractivity contribution in [1.82, 2.24) is 4.90 Å². The number of sulfonamides is 1. The molecular weight excluding hydrogens is 499 g/mol. The lowest BCUT2D eigenvalue weighted by atomic mass is 10.1. The van der Waals surface area contributed by atoms with E-state index in [1.54, 1.807) is 37.3 Å². The molecule has 0 saturated carbocycles. The summed E-state index contributed by atoms with van der Waals surface area (Å²) in [7, 11) is -3.37. The van der Waals surface area contributed by atoms with Gasteiger partial charge in [0.15, 0.2) is 6.23 Å². The summed E-state index contributed by atoms with van der Waals surface area (Å²) in [5.74, 6) is 0.511. The summed E-state index contributed by atoms with van der Waals surface area (Å²) in [6, 6.07) is 12.1. The van der Waals surface area contributed by atoms with Crippen LogP contribution in [0.25, 0.3) is 0 Å². The van der Waals surface area contributed by atoms with E-state index in [2.05, 4.69) is 11.6 Å². The number of hydrogen-bond donors (Lipinski definition) is 2. The van der Waals surface area contributed by atoms with Crippen LogP contribution in [-0.4, -0.2) is 63.3 Å². The van der Waals surface area contributed by atoms with Gasteiger partial charge in [0, 0.05) is 25.4 Å². The van der Waals surface area contributed by atoms with Crippen molar-refractivity contribution in [2.24, 2.45) is 0 Å². The number of ether oxygens (including phenoxy) is 2. The summed E-state index contributed by atoms with van der Waals surface area (Å²) in [5, 5.41) is 11.5. The van der Waals surface area contributed by atoms with Gasteiger partial charge >= 0.3 is 0 Å². The third-order valence-corrected chi connectivity index (χ3v) is 6.37. The first-order chi connectivity index (χ1) is 16.1. The molecule has 0 aliphatic heterocycles. The molecule has 34 heavy (non-hydrogen) atoms. The summed E-state index contributed by atoms with van der Waals surface area (Å²) in [4.78, 5) is 2.03. The van der Waals surface area contributed by atoms with Gasteiger partial charge in [-0.2, -0.15) is 0 Å². The smallest absolute Gasteiger partial charge is 0.229 e. The largest absolute Gasteiger partial charge is 0.472 e. The summed E-state index contributed by atoms with van der Waals surface area (Å²) >= 11 is 12.2. The van der Waals surface area contributed by atoms with E-state index in [1.807, 2.05) is 17.0 Å². The minimum absolute atomic E-state index is 0.434. The Bertz CT molecular complexity index is 987. The van der Waals surface area contributed by atoms with Crippen LogP contribution in [0.15, 0.2) is 42.5 Å². The Morgan fingerprint density at radius 2 is 1.76 bits per heavy atom. The topological polar surface area (TPSA) is 88.1 Å². The van der Waals surface area contributed by atoms with Crippen LogP contribution in [0.2, 0.25) is 10.0 Å². The molecule has 0 radical (unpaired) electrons. The molecule has 0 amide bonds. The third-order valence-electron chi connectivity index (χ3n) is 5.02. The van der Waals surface area contributed by atoms with E-state index in [0.717, 1.165) is 24.7 Å². The fourth-order valence-corrected chi connectivity index (χ4v) is 4.18. The molecular formula is C24H34Cl2N2O5S. The molecule has 2 aromatic carbocycles. The average Bonchev–Trinajstić information content (AvgIpc) is 2.76. The average molecular weight is 534 g/mol. The van der Waals surface area contributed by atoms with Gasteiger partial charge in [-0.25, -0.2) is 8.42 Å². The molecule has 0 aliphatic carbocycles. The fraction of sp³-hybridized carbons (Fsp3) is 0.500. The molecule has 0 saturated heterocycles. The summed E-state index contributed by atoms with van der Waals surface area (Å²) in [5.41, 5.74) is 1.45. The number of rotatable bonds is 15. The SMILES string of the molecule is CCCCOCCN(CCc1ccc(Cl)c(Cl)c1)C(Oc1ccc(NS(C)(=O)=O)cc1)C(C)O. The van der Waals surface area contributed by atoms with Crippen LogP contribution in [0.1, 0.15) is 32.3 Å². The Kier molecular flexibility index (Phi) is 11.9. The summed E-state index contributed by atoms with van der Waals surface area (Å²) in [6.07, 6.45) is 2.40. The van der Waals surface area contributed by atoms with Crippen molar-refractivity contribution in [2.75, 3.05) is 37.3 Å². The second kappa shape index (κ2) is 14.1. The Hall–Kier alpha value is -1.55. The van der Waals surface area contributed by atoms with Crippen LogP contribution >= 0.6 is 23.2 Å². The number of aliphatic hydroxyl groups is 1. The number of anilines is 1. The van der Waals surface area contributed by atoms with E-state index in [0.29, 0.717) is 54.2 Å². The maximum absolute atomic E-state index is 11.4. The normalized spacial score (nSPS) is 13.6. The highest BCUT2D eigenvalue weighted by Crippen LogP contribution is 2.24. The summed E-state index contributed by atoms with van der Waals surface area (Å²) < 4.78 is 37.2. The van der Waals surface area contributed by atoms with Crippen molar-refractivity contribution in [3.63, 3.8) is 0 Å². The standard InChI is InChI=1S/C24H34Cl2N2O5S/c1-4-5-15-32-16-14-28(13-12-19-6-11-22(25)23(26)17-19)24(18(2)29)33-21-9-7-20(8-10-21)27-34(3,30)31/h6-11,17-18,24,27,29H,4-5,12-16H2,1-3H3. The number of halogens is 2. The monoisotopic (exact) mass is 532 g/mol. The molecule has 190 valence electrons. The number of hydrogen-bond acceptors (Lipinski definition) is 6. The van der Waals surface area contributed by atoms with Gasteiger partial charge in [0.1, 0.15) is 11.9 Å². The predicted molar refractivity (Wildman–Crippen MR) is 138 cm³/mol. The van der Waals surface area contributed by atoms with E-state index in [9.17, 15) is 13.5 Å². The van der Waals surface area contributed by atoms with E-state index in [4.69, 9.17) is 32.7 Å². The van der Waals surface area contributed by atoms with Crippen LogP contribution in [-0.2, 0) is 21.2 Å². The van der Waals surface area contributed by atoms with Crippen LogP contribution in [0.5, 0.6) is 5.75 Å². The zero-order valence-corrected chi connectivity index (χ0v) is 22.2. The first-order valence-electron chi connectivity index (χ1n) is 11.3. The maximum Gasteiger partial charge on any atom is 0.229 e. The second-order valence-electron chi connectivity index (χ2n) is 8.15. The van der Waals surface area contributed by atoms with Crippen molar-refractivity contribution in [3.05, 3.63) is 58.1 Å². The van der Waals surface area contributed by atoms with Crippen LogP contribution in [0.3, 0.4) is 0 Å². The molecule has 2 aromatic rings. The minimum Gasteiger partial charge on any atom is -0.472 e. The zero-order chi connectivity index (χ0) is 25.1.